The van der Waals surface area contributed by atoms with Gasteiger partial charge >= 0.3 is 0 Å². The number of carbonyl (C=O) groups excluding carboxylic acids is 1. The number of thiophene rings is 1. The van der Waals surface area contributed by atoms with E-state index in [0.717, 1.165) is 41.6 Å². The van der Waals surface area contributed by atoms with E-state index in [-0.39, 0.29) is 11.3 Å². The lowest BCUT2D eigenvalue weighted by Crippen LogP contribution is -2.43. The number of nitrogens with zero attached hydrogens (tertiary/aromatic N) is 4. The molecule has 3 aliphatic rings. The summed E-state index contributed by atoms with van der Waals surface area (Å²) in [6, 6.07) is 4.00. The van der Waals surface area contributed by atoms with Crippen molar-refractivity contribution in [1.82, 2.24) is 14.9 Å². The number of hydrogen-bond donors (Lipinski definition) is 0. The van der Waals surface area contributed by atoms with Crippen LogP contribution in [0.15, 0.2) is 29.8 Å². The molecular weight excluding hydrogens is 388 g/mol. The number of carbonyl (C=O) groups is 1. The number of ether oxygens (including phenoxy) is 2. The van der Waals surface area contributed by atoms with Gasteiger partial charge in [-0.25, -0.2) is 9.97 Å². The van der Waals surface area contributed by atoms with Gasteiger partial charge in [0.2, 0.25) is 11.9 Å². The third kappa shape index (κ3) is 3.68. The van der Waals surface area contributed by atoms with Crippen molar-refractivity contribution < 1.29 is 14.3 Å². The minimum absolute atomic E-state index is 0.0462. The monoisotopic (exact) mass is 412 g/mol. The fraction of sp³-hybridized carbons (Fsp3) is 0.476. The van der Waals surface area contributed by atoms with Crippen LogP contribution in [-0.4, -0.2) is 66.8 Å². The van der Waals surface area contributed by atoms with Crippen molar-refractivity contribution in [3.8, 4) is 0 Å². The predicted molar refractivity (Wildman–Crippen MR) is 111 cm³/mol. The van der Waals surface area contributed by atoms with Crippen molar-refractivity contribution in [1.29, 1.82) is 0 Å². The third-order valence-corrected chi connectivity index (χ3v) is 6.72. The van der Waals surface area contributed by atoms with Gasteiger partial charge in [-0.1, -0.05) is 6.07 Å². The number of morpholine rings is 1. The van der Waals surface area contributed by atoms with Crippen LogP contribution in [0.5, 0.6) is 0 Å². The average molecular weight is 413 g/mol. The second kappa shape index (κ2) is 7.85. The number of amides is 1. The van der Waals surface area contributed by atoms with Crippen LogP contribution in [0.1, 0.15) is 22.6 Å². The Labute approximate surface area is 174 Å². The zero-order valence-corrected chi connectivity index (χ0v) is 17.1. The predicted octanol–water partition coefficient (Wildman–Crippen LogP) is 2.09. The first-order valence-electron chi connectivity index (χ1n) is 10.0. The average Bonchev–Trinajstić information content (AvgIpc) is 3.44. The lowest BCUT2D eigenvalue weighted by Gasteiger charge is -2.35. The first-order chi connectivity index (χ1) is 14.2. The number of fused-ring (bicyclic) bond motifs is 2. The smallest absolute Gasteiger partial charge is 0.246 e. The van der Waals surface area contributed by atoms with Gasteiger partial charge in [0.05, 0.1) is 37.5 Å². The Bertz CT molecular complexity index is 911. The molecule has 2 aromatic rings. The molecule has 3 aliphatic heterocycles. The molecule has 1 unspecified atom stereocenters. The Morgan fingerprint density at radius 2 is 2.14 bits per heavy atom. The largest absolute Gasteiger partial charge is 0.378 e. The van der Waals surface area contributed by atoms with Gasteiger partial charge in [0.15, 0.2) is 0 Å². The van der Waals surface area contributed by atoms with Crippen LogP contribution in [0.25, 0.3) is 6.08 Å². The Hall–Kier alpha value is -2.29. The van der Waals surface area contributed by atoms with Gasteiger partial charge < -0.3 is 19.3 Å². The highest BCUT2D eigenvalue weighted by Crippen LogP contribution is 2.39. The number of aromatic nitrogens is 2. The molecular formula is C21H24N4O3S. The summed E-state index contributed by atoms with van der Waals surface area (Å²) in [5.41, 5.74) is 1.85. The summed E-state index contributed by atoms with van der Waals surface area (Å²) in [5.74, 6) is 0.806. The van der Waals surface area contributed by atoms with Crippen molar-refractivity contribution >= 4 is 29.3 Å². The highest BCUT2D eigenvalue weighted by molar-refractivity contribution is 7.10. The fourth-order valence-electron chi connectivity index (χ4n) is 4.32. The second-order valence-electron chi connectivity index (χ2n) is 7.77. The highest BCUT2D eigenvalue weighted by Gasteiger charge is 2.46. The zero-order valence-electron chi connectivity index (χ0n) is 16.2. The van der Waals surface area contributed by atoms with Crippen LogP contribution in [0.2, 0.25) is 0 Å². The van der Waals surface area contributed by atoms with E-state index in [0.29, 0.717) is 39.5 Å². The molecule has 1 spiro atoms. The molecule has 2 saturated heterocycles. The molecule has 0 bridgehead atoms. The first-order valence-corrected chi connectivity index (χ1v) is 10.9. The standard InChI is InChI=1S/C21H24N4O3S/c26-18(4-3-17-2-1-11-29-17)25-6-5-21(14-25)15-28-13-16-12-22-20(23-19(16)21)24-7-9-27-10-8-24/h1-4,11-12H,5-10,13-15H2/b4-3+. The van der Waals surface area contributed by atoms with Gasteiger partial charge in [-0.2, -0.15) is 0 Å². The van der Waals surface area contributed by atoms with E-state index in [2.05, 4.69) is 9.88 Å². The lowest BCUT2D eigenvalue weighted by atomic mass is 9.80. The molecule has 152 valence electrons. The van der Waals surface area contributed by atoms with Crippen molar-refractivity contribution in [2.75, 3.05) is 50.9 Å². The Morgan fingerprint density at radius 1 is 1.24 bits per heavy atom. The molecule has 0 radical (unpaired) electrons. The SMILES string of the molecule is O=C(/C=C/c1cccs1)N1CCC2(COCc3cnc(N4CCOCC4)nc32)C1. The van der Waals surface area contributed by atoms with Crippen molar-refractivity contribution in [3.63, 3.8) is 0 Å². The van der Waals surface area contributed by atoms with E-state index < -0.39 is 0 Å². The normalized spacial score (nSPS) is 24.4. The van der Waals surface area contributed by atoms with Crippen LogP contribution in [0.3, 0.4) is 0 Å². The van der Waals surface area contributed by atoms with Crippen molar-refractivity contribution in [3.05, 3.63) is 45.9 Å². The van der Waals surface area contributed by atoms with Crippen molar-refractivity contribution in [2.24, 2.45) is 0 Å². The first kappa shape index (κ1) is 18.7. The maximum atomic E-state index is 12.7. The van der Waals surface area contributed by atoms with Crippen LogP contribution >= 0.6 is 11.3 Å². The molecule has 8 heteroatoms. The van der Waals surface area contributed by atoms with Gasteiger partial charge in [-0.15, -0.1) is 11.3 Å². The minimum Gasteiger partial charge on any atom is -0.378 e. The minimum atomic E-state index is -0.246. The van der Waals surface area contributed by atoms with Crippen LogP contribution in [0.4, 0.5) is 5.95 Å². The number of rotatable bonds is 3. The van der Waals surface area contributed by atoms with Crippen molar-refractivity contribution in [2.45, 2.75) is 18.4 Å². The van der Waals surface area contributed by atoms with E-state index in [9.17, 15) is 4.79 Å². The molecule has 0 aromatic carbocycles. The molecule has 5 rings (SSSR count). The van der Waals surface area contributed by atoms with Crippen LogP contribution in [0, 0.1) is 0 Å². The maximum absolute atomic E-state index is 12.7. The van der Waals surface area contributed by atoms with E-state index in [1.807, 2.05) is 34.7 Å². The molecule has 29 heavy (non-hydrogen) atoms. The van der Waals surface area contributed by atoms with Crippen LogP contribution < -0.4 is 4.90 Å². The van der Waals surface area contributed by atoms with Gasteiger partial charge in [0.25, 0.3) is 0 Å². The Balaban J connectivity index is 1.37. The van der Waals surface area contributed by atoms with E-state index in [1.165, 1.54) is 0 Å². The third-order valence-electron chi connectivity index (χ3n) is 5.88. The summed E-state index contributed by atoms with van der Waals surface area (Å²) in [4.78, 5) is 27.5. The molecule has 1 amide bonds. The summed E-state index contributed by atoms with van der Waals surface area (Å²) >= 11 is 1.63. The molecule has 0 N–H and O–H groups in total. The molecule has 1 atom stereocenters. The van der Waals surface area contributed by atoms with Gasteiger partial charge in [-0.3, -0.25) is 4.79 Å². The maximum Gasteiger partial charge on any atom is 0.246 e. The summed E-state index contributed by atoms with van der Waals surface area (Å²) in [7, 11) is 0. The molecule has 5 heterocycles. The summed E-state index contributed by atoms with van der Waals surface area (Å²) in [5, 5.41) is 2.01. The van der Waals surface area contributed by atoms with Gasteiger partial charge in [-0.05, 0) is 23.9 Å². The van der Waals surface area contributed by atoms with Gasteiger partial charge in [0.1, 0.15) is 0 Å². The topological polar surface area (TPSA) is 67.8 Å². The summed E-state index contributed by atoms with van der Waals surface area (Å²) in [6.45, 7) is 5.49. The molecule has 2 fully saturated rings. The summed E-state index contributed by atoms with van der Waals surface area (Å²) in [6.07, 6.45) is 6.32. The quantitative estimate of drug-likeness (QED) is 0.719. The zero-order chi connectivity index (χ0) is 19.7. The second-order valence-corrected chi connectivity index (χ2v) is 8.75. The Kier molecular flexibility index (Phi) is 5.07. The molecule has 2 aromatic heterocycles. The fourth-order valence-corrected chi connectivity index (χ4v) is 4.94. The van der Waals surface area contributed by atoms with E-state index in [1.54, 1.807) is 17.4 Å². The summed E-state index contributed by atoms with van der Waals surface area (Å²) < 4.78 is 11.3. The number of anilines is 1. The number of hydrogen-bond acceptors (Lipinski definition) is 7. The van der Waals surface area contributed by atoms with E-state index >= 15 is 0 Å². The molecule has 7 nitrogen and oxygen atoms in total. The van der Waals surface area contributed by atoms with E-state index in [4.69, 9.17) is 14.5 Å². The molecule has 0 aliphatic carbocycles. The van der Waals surface area contributed by atoms with Crippen LogP contribution in [-0.2, 0) is 26.3 Å². The molecule has 0 saturated carbocycles. The van der Waals surface area contributed by atoms with Gasteiger partial charge in [0, 0.05) is 48.9 Å². The highest BCUT2D eigenvalue weighted by atomic mass is 32.1. The number of likely N-dealkylation sites (tertiary alicyclic amines) is 1. The Morgan fingerprint density at radius 3 is 2.97 bits per heavy atom. The lowest BCUT2D eigenvalue weighted by molar-refractivity contribution is -0.125.